The number of hydrogen-bond acceptors (Lipinski definition) is 4. The number of anilines is 1. The summed E-state index contributed by atoms with van der Waals surface area (Å²) < 4.78 is 41.7. The number of rotatable bonds is 4. The molecule has 0 aliphatic rings. The lowest BCUT2D eigenvalue weighted by molar-refractivity contribution is -0.119. The highest BCUT2D eigenvalue weighted by Crippen LogP contribution is 2.28. The highest BCUT2D eigenvalue weighted by atomic mass is 32.1. The molecule has 2 aromatic carbocycles. The van der Waals surface area contributed by atoms with E-state index in [1.54, 1.807) is 6.07 Å². The normalized spacial score (nSPS) is 11.9. The zero-order chi connectivity index (χ0) is 18.1. The van der Waals surface area contributed by atoms with Crippen LogP contribution >= 0.6 is 24.8 Å². The number of nitrogens with zero attached hydrogens (tertiary/aromatic N) is 2. The van der Waals surface area contributed by atoms with Gasteiger partial charge in [0.05, 0.1) is 21.9 Å². The molecular weight excluding hydrogens is 383 g/mol. The fourth-order valence-corrected chi connectivity index (χ4v) is 3.26. The lowest BCUT2D eigenvalue weighted by Crippen LogP contribution is -2.43. The molecule has 0 fully saturated rings. The molecule has 9 heteroatoms. The largest absolute Gasteiger partial charge is 0.320 e. The zero-order valence-electron chi connectivity index (χ0n) is 13.7. The second-order valence-electron chi connectivity index (χ2n) is 5.58. The quantitative estimate of drug-likeness (QED) is 0.732. The highest BCUT2D eigenvalue weighted by molar-refractivity contribution is 7.59. The van der Waals surface area contributed by atoms with Crippen LogP contribution in [0.3, 0.4) is 0 Å². The molecule has 1 amide bonds. The Labute approximate surface area is 158 Å². The molecule has 0 bridgehead atoms. The standard InChI is InChI=1S/C17H14F3N3OS.H2S/c1-23(13-2-3-14-16(15(13)20)22-8-25-14)17(24)12(21)6-9-4-10(18)7-11(19)5-9;/h2-5,7-8,12H,6,21H2,1H3;1H2/t12-;/m0./s1. The van der Waals surface area contributed by atoms with E-state index in [9.17, 15) is 18.0 Å². The summed E-state index contributed by atoms with van der Waals surface area (Å²) in [7, 11) is 1.39. The number of aromatic nitrogens is 1. The fraction of sp³-hybridized carbons (Fsp3) is 0.176. The summed E-state index contributed by atoms with van der Waals surface area (Å²) in [5, 5.41) is 0. The molecule has 0 spiro atoms. The number of amides is 1. The van der Waals surface area contributed by atoms with E-state index in [4.69, 9.17) is 5.73 Å². The average molecular weight is 399 g/mol. The second kappa shape index (κ2) is 8.07. The van der Waals surface area contributed by atoms with Crippen LogP contribution in [0.2, 0.25) is 0 Å². The van der Waals surface area contributed by atoms with Crippen LogP contribution in [0.1, 0.15) is 5.56 Å². The number of nitrogens with two attached hydrogens (primary N) is 1. The Morgan fingerprint density at radius 2 is 1.88 bits per heavy atom. The van der Waals surface area contributed by atoms with Gasteiger partial charge in [0, 0.05) is 13.1 Å². The van der Waals surface area contributed by atoms with Crippen LogP contribution in [-0.4, -0.2) is 24.0 Å². The van der Waals surface area contributed by atoms with Crippen LogP contribution < -0.4 is 10.6 Å². The van der Waals surface area contributed by atoms with Crippen molar-refractivity contribution in [2.75, 3.05) is 11.9 Å². The fourth-order valence-electron chi connectivity index (χ4n) is 2.58. The maximum absolute atomic E-state index is 14.5. The van der Waals surface area contributed by atoms with Crippen molar-refractivity contribution < 1.29 is 18.0 Å². The van der Waals surface area contributed by atoms with E-state index < -0.39 is 29.4 Å². The van der Waals surface area contributed by atoms with Crippen molar-refractivity contribution in [2.45, 2.75) is 12.5 Å². The molecule has 0 aliphatic heterocycles. The number of halogens is 3. The first kappa shape index (κ1) is 20.2. The van der Waals surface area contributed by atoms with Gasteiger partial charge < -0.3 is 10.6 Å². The smallest absolute Gasteiger partial charge is 0.244 e. The molecule has 1 aromatic heterocycles. The van der Waals surface area contributed by atoms with Crippen LogP contribution in [0.4, 0.5) is 18.9 Å². The van der Waals surface area contributed by atoms with Gasteiger partial charge in [0.15, 0.2) is 5.82 Å². The first-order valence-electron chi connectivity index (χ1n) is 7.36. The third-order valence-corrected chi connectivity index (χ3v) is 4.60. The van der Waals surface area contributed by atoms with E-state index in [0.717, 1.165) is 23.1 Å². The van der Waals surface area contributed by atoms with Crippen molar-refractivity contribution in [3.8, 4) is 0 Å². The molecule has 0 aliphatic carbocycles. The van der Waals surface area contributed by atoms with E-state index in [-0.39, 0.29) is 36.7 Å². The van der Waals surface area contributed by atoms with E-state index >= 15 is 0 Å². The van der Waals surface area contributed by atoms with Crippen molar-refractivity contribution in [3.63, 3.8) is 0 Å². The minimum absolute atomic E-state index is 0. The van der Waals surface area contributed by atoms with Crippen LogP contribution in [0.5, 0.6) is 0 Å². The minimum Gasteiger partial charge on any atom is -0.320 e. The Hall–Kier alpha value is -2.10. The Morgan fingerprint density at radius 3 is 2.54 bits per heavy atom. The highest BCUT2D eigenvalue weighted by Gasteiger charge is 2.23. The van der Waals surface area contributed by atoms with Gasteiger partial charge >= 0.3 is 0 Å². The van der Waals surface area contributed by atoms with E-state index in [1.165, 1.54) is 30.0 Å². The van der Waals surface area contributed by atoms with E-state index in [2.05, 4.69) is 4.98 Å². The van der Waals surface area contributed by atoms with E-state index in [1.807, 2.05) is 0 Å². The van der Waals surface area contributed by atoms with Crippen LogP contribution in [0, 0.1) is 17.5 Å². The van der Waals surface area contributed by atoms with Gasteiger partial charge in [-0.25, -0.2) is 18.2 Å². The summed E-state index contributed by atoms with van der Waals surface area (Å²) in [6.45, 7) is 0. The molecule has 2 N–H and O–H groups in total. The van der Waals surface area contributed by atoms with Gasteiger partial charge in [0.25, 0.3) is 0 Å². The Kier molecular flexibility index (Phi) is 6.27. The summed E-state index contributed by atoms with van der Waals surface area (Å²) in [5.41, 5.74) is 7.86. The van der Waals surface area contributed by atoms with Crippen LogP contribution in [-0.2, 0) is 11.2 Å². The van der Waals surface area contributed by atoms with Crippen molar-refractivity contribution in [3.05, 3.63) is 58.9 Å². The molecule has 1 heterocycles. The summed E-state index contributed by atoms with van der Waals surface area (Å²) in [6.07, 6.45) is -0.0710. The third kappa shape index (κ3) is 4.00. The molecule has 1 atom stereocenters. The number of hydrogen-bond donors (Lipinski definition) is 1. The summed E-state index contributed by atoms with van der Waals surface area (Å²) >= 11 is 1.29. The third-order valence-electron chi connectivity index (χ3n) is 3.81. The molecule has 26 heavy (non-hydrogen) atoms. The van der Waals surface area contributed by atoms with Crippen LogP contribution in [0.25, 0.3) is 10.2 Å². The molecular formula is C17H16F3N3OS2. The lowest BCUT2D eigenvalue weighted by atomic mass is 10.0. The minimum atomic E-state index is -1.07. The molecule has 0 unspecified atom stereocenters. The van der Waals surface area contributed by atoms with Gasteiger partial charge in [0.1, 0.15) is 17.2 Å². The topological polar surface area (TPSA) is 59.2 Å². The van der Waals surface area contributed by atoms with E-state index in [0.29, 0.717) is 4.70 Å². The van der Waals surface area contributed by atoms with Gasteiger partial charge in [-0.05, 0) is 36.2 Å². The summed E-state index contributed by atoms with van der Waals surface area (Å²) in [6, 6.07) is 5.03. The first-order valence-corrected chi connectivity index (χ1v) is 8.24. The maximum Gasteiger partial charge on any atom is 0.244 e. The average Bonchev–Trinajstić information content (AvgIpc) is 3.02. The second-order valence-corrected chi connectivity index (χ2v) is 6.47. The predicted molar refractivity (Wildman–Crippen MR) is 101 cm³/mol. The first-order chi connectivity index (χ1) is 11.9. The number of fused-ring (bicyclic) bond motifs is 1. The van der Waals surface area contributed by atoms with Crippen LogP contribution in [0.15, 0.2) is 35.8 Å². The molecule has 0 saturated heterocycles. The molecule has 0 radical (unpaired) electrons. The summed E-state index contributed by atoms with van der Waals surface area (Å²) in [4.78, 5) is 17.5. The van der Waals surface area contributed by atoms with Gasteiger partial charge in [-0.3, -0.25) is 4.79 Å². The van der Waals surface area contributed by atoms with Crippen molar-refractivity contribution in [2.24, 2.45) is 5.73 Å². The lowest BCUT2D eigenvalue weighted by Gasteiger charge is -2.22. The van der Waals surface area contributed by atoms with Crippen molar-refractivity contribution in [1.82, 2.24) is 4.98 Å². The number of likely N-dealkylation sites (N-methyl/N-ethyl adjacent to an activating group) is 1. The maximum atomic E-state index is 14.5. The van der Waals surface area contributed by atoms with Gasteiger partial charge in [-0.2, -0.15) is 13.5 Å². The Morgan fingerprint density at radius 1 is 1.23 bits per heavy atom. The molecule has 4 nitrogen and oxygen atoms in total. The van der Waals surface area contributed by atoms with Gasteiger partial charge in [0.2, 0.25) is 5.91 Å². The molecule has 0 saturated carbocycles. The SMILES string of the molecule is CN(C(=O)[C@@H](N)Cc1cc(F)cc(F)c1)c1ccc2scnc2c1F.S. The molecule has 138 valence electrons. The van der Waals surface area contributed by atoms with Gasteiger partial charge in [-0.15, -0.1) is 11.3 Å². The number of carbonyl (C=O) groups is 1. The molecule has 3 rings (SSSR count). The van der Waals surface area contributed by atoms with Gasteiger partial charge in [-0.1, -0.05) is 0 Å². The predicted octanol–water partition coefficient (Wildman–Crippen LogP) is 3.36. The number of benzene rings is 2. The van der Waals surface area contributed by atoms with Crippen molar-refractivity contribution in [1.29, 1.82) is 0 Å². The van der Waals surface area contributed by atoms with Crippen molar-refractivity contribution >= 4 is 46.6 Å². The number of thiazole rings is 1. The summed E-state index contributed by atoms with van der Waals surface area (Å²) in [5.74, 6) is -2.68. The number of carbonyl (C=O) groups excluding carboxylic acids is 1. The Balaban J connectivity index is 0.00000243. The molecule has 3 aromatic rings. The monoisotopic (exact) mass is 399 g/mol. The zero-order valence-corrected chi connectivity index (χ0v) is 15.5. The Bertz CT molecular complexity index is 928.